The predicted octanol–water partition coefficient (Wildman–Crippen LogP) is 2.08. The standard InChI is InChI=1S/C13H16N2O2S/c1-2-18(16,17)10-9-15-13-7-8-14-12-6-4-3-5-11(12)13/h3-8H,2,9-10H2,1H3,(H,14,15). The van der Waals surface area contributed by atoms with Crippen LogP contribution in [-0.2, 0) is 9.84 Å². The molecule has 1 aromatic heterocycles. The largest absolute Gasteiger partial charge is 0.383 e. The van der Waals surface area contributed by atoms with Crippen LogP contribution in [-0.4, -0.2) is 31.5 Å². The normalized spacial score (nSPS) is 11.6. The first-order chi connectivity index (χ1) is 8.62. The highest BCUT2D eigenvalue weighted by Crippen LogP contribution is 2.20. The van der Waals surface area contributed by atoms with Crippen LogP contribution in [0.15, 0.2) is 36.5 Å². The van der Waals surface area contributed by atoms with E-state index in [9.17, 15) is 8.42 Å². The van der Waals surface area contributed by atoms with Gasteiger partial charge in [-0.05, 0) is 12.1 Å². The third-order valence-corrected chi connectivity index (χ3v) is 4.52. The zero-order chi connectivity index (χ0) is 13.0. The molecule has 18 heavy (non-hydrogen) atoms. The summed E-state index contributed by atoms with van der Waals surface area (Å²) < 4.78 is 22.8. The van der Waals surface area contributed by atoms with Crippen molar-refractivity contribution in [2.45, 2.75) is 6.92 Å². The van der Waals surface area contributed by atoms with Gasteiger partial charge >= 0.3 is 0 Å². The van der Waals surface area contributed by atoms with Crippen LogP contribution in [0.2, 0.25) is 0 Å². The minimum absolute atomic E-state index is 0.153. The number of aromatic nitrogens is 1. The summed E-state index contributed by atoms with van der Waals surface area (Å²) in [6, 6.07) is 9.64. The quantitative estimate of drug-likeness (QED) is 0.898. The number of hydrogen-bond donors (Lipinski definition) is 1. The molecule has 5 heteroatoms. The highest BCUT2D eigenvalue weighted by atomic mass is 32.2. The first-order valence-corrected chi connectivity index (χ1v) is 7.72. The Morgan fingerprint density at radius 3 is 2.78 bits per heavy atom. The number of rotatable bonds is 5. The van der Waals surface area contributed by atoms with Gasteiger partial charge in [-0.3, -0.25) is 4.98 Å². The van der Waals surface area contributed by atoms with Crippen molar-refractivity contribution in [3.63, 3.8) is 0 Å². The lowest BCUT2D eigenvalue weighted by Crippen LogP contribution is -2.17. The molecule has 0 fully saturated rings. The number of fused-ring (bicyclic) bond motifs is 1. The molecule has 0 aliphatic heterocycles. The Morgan fingerprint density at radius 2 is 2.00 bits per heavy atom. The van der Waals surface area contributed by atoms with Gasteiger partial charge in [-0.2, -0.15) is 0 Å². The van der Waals surface area contributed by atoms with Crippen molar-refractivity contribution in [2.75, 3.05) is 23.4 Å². The van der Waals surface area contributed by atoms with Gasteiger partial charge in [-0.25, -0.2) is 8.42 Å². The Kier molecular flexibility index (Phi) is 3.81. The lowest BCUT2D eigenvalue weighted by molar-refractivity contribution is 0.597. The summed E-state index contributed by atoms with van der Waals surface area (Å²) in [7, 11) is -2.92. The average Bonchev–Trinajstić information content (AvgIpc) is 2.39. The van der Waals surface area contributed by atoms with E-state index in [2.05, 4.69) is 10.3 Å². The van der Waals surface area contributed by atoms with Gasteiger partial charge in [0.2, 0.25) is 0 Å². The van der Waals surface area contributed by atoms with E-state index in [1.54, 1.807) is 13.1 Å². The average molecular weight is 264 g/mol. The Hall–Kier alpha value is -1.62. The molecular weight excluding hydrogens is 248 g/mol. The smallest absolute Gasteiger partial charge is 0.151 e. The van der Waals surface area contributed by atoms with Crippen molar-refractivity contribution >= 4 is 26.4 Å². The Labute approximate surface area is 107 Å². The maximum atomic E-state index is 11.4. The molecule has 96 valence electrons. The van der Waals surface area contributed by atoms with Gasteiger partial charge in [0.25, 0.3) is 0 Å². The molecule has 0 bridgehead atoms. The van der Waals surface area contributed by atoms with Crippen LogP contribution in [0.3, 0.4) is 0 Å². The molecule has 0 saturated carbocycles. The fourth-order valence-electron chi connectivity index (χ4n) is 1.74. The van der Waals surface area contributed by atoms with Crippen molar-refractivity contribution in [2.24, 2.45) is 0 Å². The second-order valence-corrected chi connectivity index (χ2v) is 6.51. The topological polar surface area (TPSA) is 59.1 Å². The molecule has 0 radical (unpaired) electrons. The Morgan fingerprint density at radius 1 is 1.22 bits per heavy atom. The molecule has 0 unspecified atom stereocenters. The number of sulfone groups is 1. The number of nitrogens with zero attached hydrogens (tertiary/aromatic N) is 1. The van der Waals surface area contributed by atoms with Crippen molar-refractivity contribution in [3.8, 4) is 0 Å². The molecule has 0 atom stereocenters. The second-order valence-electron chi connectivity index (χ2n) is 4.04. The number of para-hydroxylation sites is 1. The van der Waals surface area contributed by atoms with Crippen LogP contribution in [0.25, 0.3) is 10.9 Å². The number of nitrogens with one attached hydrogen (secondary N) is 1. The van der Waals surface area contributed by atoms with Gasteiger partial charge in [0, 0.05) is 29.6 Å². The fourth-order valence-corrected chi connectivity index (χ4v) is 2.44. The van der Waals surface area contributed by atoms with Gasteiger partial charge in [0.15, 0.2) is 9.84 Å². The van der Waals surface area contributed by atoms with Crippen molar-refractivity contribution in [1.82, 2.24) is 4.98 Å². The van der Waals surface area contributed by atoms with E-state index in [1.807, 2.05) is 30.3 Å². The molecule has 4 nitrogen and oxygen atoms in total. The van der Waals surface area contributed by atoms with E-state index < -0.39 is 9.84 Å². The molecule has 2 aromatic rings. The van der Waals surface area contributed by atoms with Crippen LogP contribution in [0, 0.1) is 0 Å². The van der Waals surface area contributed by atoms with Crippen molar-refractivity contribution < 1.29 is 8.42 Å². The van der Waals surface area contributed by atoms with Crippen LogP contribution in [0.4, 0.5) is 5.69 Å². The summed E-state index contributed by atoms with van der Waals surface area (Å²) in [5.41, 5.74) is 1.83. The third kappa shape index (κ3) is 2.98. The monoisotopic (exact) mass is 264 g/mol. The van der Waals surface area contributed by atoms with E-state index in [1.165, 1.54) is 0 Å². The lowest BCUT2D eigenvalue weighted by Gasteiger charge is -2.09. The molecule has 0 aliphatic carbocycles. The van der Waals surface area contributed by atoms with E-state index in [0.717, 1.165) is 16.6 Å². The van der Waals surface area contributed by atoms with E-state index in [4.69, 9.17) is 0 Å². The minimum atomic E-state index is -2.92. The highest BCUT2D eigenvalue weighted by molar-refractivity contribution is 7.91. The zero-order valence-electron chi connectivity index (χ0n) is 10.3. The number of benzene rings is 1. The molecular formula is C13H16N2O2S. The highest BCUT2D eigenvalue weighted by Gasteiger charge is 2.07. The van der Waals surface area contributed by atoms with Crippen LogP contribution >= 0.6 is 0 Å². The third-order valence-electron chi connectivity index (χ3n) is 2.82. The molecule has 0 amide bonds. The van der Waals surface area contributed by atoms with Crippen LogP contribution in [0.1, 0.15) is 6.92 Å². The molecule has 0 spiro atoms. The molecule has 1 aromatic carbocycles. The molecule has 1 N–H and O–H groups in total. The first kappa shape index (κ1) is 12.8. The summed E-state index contributed by atoms with van der Waals surface area (Å²) in [6.07, 6.45) is 1.72. The lowest BCUT2D eigenvalue weighted by atomic mass is 10.2. The van der Waals surface area contributed by atoms with Gasteiger partial charge in [-0.1, -0.05) is 25.1 Å². The summed E-state index contributed by atoms with van der Waals surface area (Å²) >= 11 is 0. The van der Waals surface area contributed by atoms with Gasteiger partial charge in [0.05, 0.1) is 11.3 Å². The Bertz CT molecular complexity index is 633. The van der Waals surface area contributed by atoms with E-state index in [0.29, 0.717) is 6.54 Å². The second kappa shape index (κ2) is 5.35. The molecule has 1 heterocycles. The van der Waals surface area contributed by atoms with E-state index >= 15 is 0 Å². The maximum Gasteiger partial charge on any atom is 0.151 e. The number of pyridine rings is 1. The van der Waals surface area contributed by atoms with Gasteiger partial charge in [-0.15, -0.1) is 0 Å². The maximum absolute atomic E-state index is 11.4. The van der Waals surface area contributed by atoms with Gasteiger partial charge < -0.3 is 5.32 Å². The van der Waals surface area contributed by atoms with Crippen LogP contribution in [0.5, 0.6) is 0 Å². The van der Waals surface area contributed by atoms with Gasteiger partial charge in [0.1, 0.15) is 0 Å². The molecule has 0 aliphatic rings. The SMILES string of the molecule is CCS(=O)(=O)CCNc1ccnc2ccccc12. The predicted molar refractivity (Wildman–Crippen MR) is 74.6 cm³/mol. The molecule has 2 rings (SSSR count). The van der Waals surface area contributed by atoms with Crippen molar-refractivity contribution in [1.29, 1.82) is 0 Å². The van der Waals surface area contributed by atoms with E-state index in [-0.39, 0.29) is 11.5 Å². The minimum Gasteiger partial charge on any atom is -0.383 e. The first-order valence-electron chi connectivity index (χ1n) is 5.90. The summed E-state index contributed by atoms with van der Waals surface area (Å²) in [4.78, 5) is 4.26. The Balaban J connectivity index is 2.13. The summed E-state index contributed by atoms with van der Waals surface area (Å²) in [6.45, 7) is 2.08. The number of anilines is 1. The summed E-state index contributed by atoms with van der Waals surface area (Å²) in [5.74, 6) is 0.339. The number of hydrogen-bond acceptors (Lipinski definition) is 4. The van der Waals surface area contributed by atoms with Crippen LogP contribution < -0.4 is 5.32 Å². The summed E-state index contributed by atoms with van der Waals surface area (Å²) in [5, 5.41) is 4.17. The fraction of sp³-hybridized carbons (Fsp3) is 0.308. The van der Waals surface area contributed by atoms with Crippen molar-refractivity contribution in [3.05, 3.63) is 36.5 Å². The zero-order valence-corrected chi connectivity index (χ0v) is 11.1. The molecule has 0 saturated heterocycles.